The molecular weight excluding hydrogens is 258 g/mol. The monoisotopic (exact) mass is 279 g/mol. The van der Waals surface area contributed by atoms with Gasteiger partial charge in [0.2, 0.25) is 0 Å². The Morgan fingerprint density at radius 1 is 1.05 bits per heavy atom. The van der Waals surface area contributed by atoms with E-state index in [1.54, 1.807) is 0 Å². The van der Waals surface area contributed by atoms with E-state index in [0.717, 1.165) is 31.1 Å². The molecule has 1 atom stereocenters. The van der Waals surface area contributed by atoms with Crippen LogP contribution < -0.4 is 10.6 Å². The molecule has 4 heteroatoms. The number of rotatable bonds is 2. The maximum atomic E-state index is 6.27. The Bertz CT molecular complexity index is 429. The van der Waals surface area contributed by atoms with E-state index in [1.165, 1.54) is 25.1 Å². The van der Waals surface area contributed by atoms with Gasteiger partial charge in [-0.2, -0.15) is 0 Å². The fourth-order valence-corrected chi connectivity index (χ4v) is 3.58. The Morgan fingerprint density at radius 2 is 1.79 bits per heavy atom. The summed E-state index contributed by atoms with van der Waals surface area (Å²) in [4.78, 5) is 4.99. The number of nitrogens with zero attached hydrogens (tertiary/aromatic N) is 2. The number of hydrogen-bond acceptors (Lipinski definition) is 3. The van der Waals surface area contributed by atoms with Gasteiger partial charge in [-0.25, -0.2) is 0 Å². The maximum absolute atomic E-state index is 6.27. The van der Waals surface area contributed by atoms with Crippen LogP contribution in [-0.2, 0) is 0 Å². The molecule has 0 spiro atoms. The van der Waals surface area contributed by atoms with Crippen LogP contribution in [-0.4, -0.2) is 43.2 Å². The first-order chi connectivity index (χ1) is 9.24. The largest absolute Gasteiger partial charge is 0.370 e. The number of likely N-dealkylation sites (tertiary alicyclic amines) is 1. The van der Waals surface area contributed by atoms with Crippen molar-refractivity contribution in [3.63, 3.8) is 0 Å². The molecule has 0 bridgehead atoms. The van der Waals surface area contributed by atoms with Crippen LogP contribution >= 0.6 is 11.6 Å². The Morgan fingerprint density at radius 3 is 2.42 bits per heavy atom. The minimum Gasteiger partial charge on any atom is -0.370 e. The van der Waals surface area contributed by atoms with Crippen molar-refractivity contribution < 1.29 is 0 Å². The second-order valence-electron chi connectivity index (χ2n) is 5.71. The minimum atomic E-state index is 0.390. The van der Waals surface area contributed by atoms with E-state index in [2.05, 4.69) is 21.9 Å². The first kappa shape index (κ1) is 13.2. The van der Waals surface area contributed by atoms with Gasteiger partial charge in [-0.3, -0.25) is 4.90 Å². The first-order valence-electron chi connectivity index (χ1n) is 7.23. The first-order valence-corrected chi connectivity index (χ1v) is 7.61. The third-order valence-electron chi connectivity index (χ3n) is 4.43. The Kier molecular flexibility index (Phi) is 3.96. The summed E-state index contributed by atoms with van der Waals surface area (Å²) in [7, 11) is 0. The van der Waals surface area contributed by atoms with E-state index in [-0.39, 0.29) is 0 Å². The lowest BCUT2D eigenvalue weighted by Gasteiger charge is -2.38. The van der Waals surface area contributed by atoms with Crippen molar-refractivity contribution in [1.82, 2.24) is 4.90 Å². The predicted molar refractivity (Wildman–Crippen MR) is 80.9 cm³/mol. The van der Waals surface area contributed by atoms with E-state index in [4.69, 9.17) is 17.3 Å². The summed E-state index contributed by atoms with van der Waals surface area (Å²) in [5.41, 5.74) is 7.18. The van der Waals surface area contributed by atoms with E-state index < -0.39 is 0 Å². The molecule has 2 fully saturated rings. The molecule has 2 aliphatic heterocycles. The number of hydrogen-bond donors (Lipinski definition) is 1. The molecule has 2 N–H and O–H groups in total. The lowest BCUT2D eigenvalue weighted by atomic mass is 10.0. The van der Waals surface area contributed by atoms with Crippen molar-refractivity contribution in [2.45, 2.75) is 31.3 Å². The van der Waals surface area contributed by atoms with Gasteiger partial charge < -0.3 is 10.6 Å². The zero-order chi connectivity index (χ0) is 13.2. The third kappa shape index (κ3) is 2.88. The highest BCUT2D eigenvalue weighted by atomic mass is 35.5. The quantitative estimate of drug-likeness (QED) is 0.902. The van der Waals surface area contributed by atoms with Gasteiger partial charge in [0.1, 0.15) is 0 Å². The minimum absolute atomic E-state index is 0.390. The van der Waals surface area contributed by atoms with Crippen molar-refractivity contribution in [3.05, 3.63) is 29.3 Å². The molecule has 19 heavy (non-hydrogen) atoms. The Labute approximate surface area is 120 Å². The van der Waals surface area contributed by atoms with Crippen molar-refractivity contribution in [2.75, 3.05) is 31.1 Å². The Balaban J connectivity index is 1.59. The van der Waals surface area contributed by atoms with Gasteiger partial charge in [0, 0.05) is 38.3 Å². The molecule has 1 aromatic carbocycles. The summed E-state index contributed by atoms with van der Waals surface area (Å²) in [5.74, 6) is 0. The van der Waals surface area contributed by atoms with Crippen LogP contribution in [0.25, 0.3) is 0 Å². The van der Waals surface area contributed by atoms with Crippen LogP contribution in [0.2, 0.25) is 5.02 Å². The lowest BCUT2D eigenvalue weighted by Crippen LogP contribution is -2.44. The molecule has 3 rings (SSSR count). The summed E-state index contributed by atoms with van der Waals surface area (Å²) >= 11 is 6.27. The van der Waals surface area contributed by atoms with Gasteiger partial charge in [-0.15, -0.1) is 0 Å². The van der Waals surface area contributed by atoms with Crippen molar-refractivity contribution in [3.8, 4) is 0 Å². The molecule has 3 nitrogen and oxygen atoms in total. The number of anilines is 1. The van der Waals surface area contributed by atoms with Gasteiger partial charge in [0.25, 0.3) is 0 Å². The third-order valence-corrected chi connectivity index (χ3v) is 4.75. The van der Waals surface area contributed by atoms with Crippen LogP contribution in [0, 0.1) is 0 Å². The number of para-hydroxylation sites is 1. The van der Waals surface area contributed by atoms with Crippen LogP contribution in [0.15, 0.2) is 24.3 Å². The zero-order valence-corrected chi connectivity index (χ0v) is 12.0. The highest BCUT2D eigenvalue weighted by Crippen LogP contribution is 2.29. The standard InChI is InChI=1S/C15H22ClN3/c16-14-3-1-2-4-15(14)18-9-6-13(7-10-18)19-8-5-12(17)11-19/h1-4,12-13H,5-11,17H2/t12-/m0/s1. The maximum Gasteiger partial charge on any atom is 0.0639 e. The molecule has 0 radical (unpaired) electrons. The highest BCUT2D eigenvalue weighted by molar-refractivity contribution is 6.33. The molecule has 104 valence electrons. The molecule has 2 aliphatic rings. The van der Waals surface area contributed by atoms with E-state index >= 15 is 0 Å². The molecule has 0 amide bonds. The molecule has 2 heterocycles. The lowest BCUT2D eigenvalue weighted by molar-refractivity contribution is 0.205. The highest BCUT2D eigenvalue weighted by Gasteiger charge is 2.29. The van der Waals surface area contributed by atoms with Crippen molar-refractivity contribution >= 4 is 17.3 Å². The normalized spacial score (nSPS) is 26.0. The number of halogens is 1. The van der Waals surface area contributed by atoms with Gasteiger partial charge in [0.15, 0.2) is 0 Å². The van der Waals surface area contributed by atoms with Crippen molar-refractivity contribution in [2.24, 2.45) is 5.73 Å². The summed E-state index contributed by atoms with van der Waals surface area (Å²) in [6.07, 6.45) is 3.60. The fraction of sp³-hybridized carbons (Fsp3) is 0.600. The smallest absolute Gasteiger partial charge is 0.0639 e. The molecule has 0 aliphatic carbocycles. The summed E-state index contributed by atoms with van der Waals surface area (Å²) < 4.78 is 0. The summed E-state index contributed by atoms with van der Waals surface area (Å²) in [6, 6.07) is 9.25. The van der Waals surface area contributed by atoms with E-state index in [9.17, 15) is 0 Å². The number of piperidine rings is 1. The molecular formula is C15H22ClN3. The van der Waals surface area contributed by atoms with Crippen LogP contribution in [0.4, 0.5) is 5.69 Å². The number of nitrogens with two attached hydrogens (primary N) is 1. The van der Waals surface area contributed by atoms with Gasteiger partial charge in [-0.05, 0) is 31.4 Å². The van der Waals surface area contributed by atoms with E-state index in [0.29, 0.717) is 12.1 Å². The molecule has 0 unspecified atom stereocenters. The second kappa shape index (κ2) is 5.70. The molecule has 0 saturated carbocycles. The van der Waals surface area contributed by atoms with Gasteiger partial charge >= 0.3 is 0 Å². The van der Waals surface area contributed by atoms with Crippen LogP contribution in [0.3, 0.4) is 0 Å². The van der Waals surface area contributed by atoms with E-state index in [1.807, 2.05) is 12.1 Å². The zero-order valence-electron chi connectivity index (χ0n) is 11.3. The van der Waals surface area contributed by atoms with Crippen LogP contribution in [0.1, 0.15) is 19.3 Å². The topological polar surface area (TPSA) is 32.5 Å². The SMILES string of the molecule is N[C@H]1CCN(C2CCN(c3ccccc3Cl)CC2)C1. The molecule has 2 saturated heterocycles. The number of benzene rings is 1. The van der Waals surface area contributed by atoms with Crippen LogP contribution in [0.5, 0.6) is 0 Å². The summed E-state index contributed by atoms with van der Waals surface area (Å²) in [6.45, 7) is 4.45. The van der Waals surface area contributed by atoms with Crippen molar-refractivity contribution in [1.29, 1.82) is 0 Å². The fourth-order valence-electron chi connectivity index (χ4n) is 3.33. The average molecular weight is 280 g/mol. The predicted octanol–water partition coefficient (Wildman–Crippen LogP) is 2.34. The molecule has 0 aromatic heterocycles. The van der Waals surface area contributed by atoms with Gasteiger partial charge in [0.05, 0.1) is 10.7 Å². The Hall–Kier alpha value is -0.770. The summed E-state index contributed by atoms with van der Waals surface area (Å²) in [5, 5.41) is 0.865. The average Bonchev–Trinajstić information content (AvgIpc) is 2.86. The second-order valence-corrected chi connectivity index (χ2v) is 6.12. The molecule has 1 aromatic rings. The van der Waals surface area contributed by atoms with Gasteiger partial charge in [-0.1, -0.05) is 23.7 Å².